The molecule has 0 saturated heterocycles. The lowest BCUT2D eigenvalue weighted by molar-refractivity contribution is -0.138. The average molecular weight is 445 g/mol. The van der Waals surface area contributed by atoms with Crippen LogP contribution < -0.4 is 15.4 Å². The van der Waals surface area contributed by atoms with Crippen LogP contribution in [0.2, 0.25) is 0 Å². The molecule has 3 aromatic rings. The van der Waals surface area contributed by atoms with E-state index in [1.54, 1.807) is 6.92 Å². The van der Waals surface area contributed by atoms with Gasteiger partial charge in [0.1, 0.15) is 12.4 Å². The van der Waals surface area contributed by atoms with Crippen LogP contribution in [0.5, 0.6) is 5.75 Å². The molecule has 2 N–H and O–H groups in total. The molecule has 0 unspecified atom stereocenters. The van der Waals surface area contributed by atoms with E-state index in [2.05, 4.69) is 10.6 Å². The molecule has 3 aromatic carbocycles. The van der Waals surface area contributed by atoms with Crippen LogP contribution in [-0.4, -0.2) is 17.7 Å². The van der Waals surface area contributed by atoms with Crippen LogP contribution in [-0.2, 0) is 16.1 Å². The maximum atomic E-state index is 13.0. The van der Waals surface area contributed by atoms with Crippen LogP contribution >= 0.6 is 12.2 Å². The summed E-state index contributed by atoms with van der Waals surface area (Å²) >= 11 is 5.47. The minimum Gasteiger partial charge on any atom is -0.489 e. The van der Waals surface area contributed by atoms with Crippen molar-refractivity contribution in [2.24, 2.45) is 0 Å². The van der Waals surface area contributed by atoms with Gasteiger partial charge in [0.25, 0.3) is 0 Å². The number of nitrogens with one attached hydrogen (secondary N) is 2. The first kappa shape index (κ1) is 21.6. The third-order valence-corrected chi connectivity index (χ3v) is 5.29. The average Bonchev–Trinajstić information content (AvgIpc) is 2.83. The minimum atomic E-state index is -0.474. The fourth-order valence-corrected chi connectivity index (χ4v) is 3.82. The zero-order chi connectivity index (χ0) is 22.3. The maximum absolute atomic E-state index is 13.0. The van der Waals surface area contributed by atoms with Gasteiger partial charge in [0.15, 0.2) is 5.11 Å². The van der Waals surface area contributed by atoms with E-state index in [1.807, 2.05) is 84.9 Å². The highest BCUT2D eigenvalue weighted by Gasteiger charge is 2.33. The number of hydrogen-bond acceptors (Lipinski definition) is 4. The van der Waals surface area contributed by atoms with E-state index in [0.717, 1.165) is 16.7 Å². The Morgan fingerprint density at radius 2 is 1.69 bits per heavy atom. The summed E-state index contributed by atoms with van der Waals surface area (Å²) in [6, 6.07) is 26.8. The van der Waals surface area contributed by atoms with Crippen molar-refractivity contribution < 1.29 is 14.3 Å². The molecule has 1 atom stereocenters. The molecular weight excluding hydrogens is 420 g/mol. The third kappa shape index (κ3) is 4.98. The van der Waals surface area contributed by atoms with E-state index in [9.17, 15) is 4.79 Å². The molecular formula is C26H24N2O3S. The zero-order valence-electron chi connectivity index (χ0n) is 17.7. The quantitative estimate of drug-likeness (QED) is 0.405. The fraction of sp³-hybridized carbons (Fsp3) is 0.154. The Labute approximate surface area is 193 Å². The van der Waals surface area contributed by atoms with Crippen molar-refractivity contribution >= 4 is 29.0 Å². The molecule has 0 aliphatic carbocycles. The number of ether oxygens (including phenoxy) is 2. The summed E-state index contributed by atoms with van der Waals surface area (Å²) in [5.74, 6) is 0.316. The van der Waals surface area contributed by atoms with Gasteiger partial charge in [0.2, 0.25) is 0 Å². The highest BCUT2D eigenvalue weighted by atomic mass is 32.1. The number of thiocarbonyl (C=S) groups is 1. The Morgan fingerprint density at radius 3 is 2.41 bits per heavy atom. The van der Waals surface area contributed by atoms with Crippen LogP contribution in [0, 0.1) is 0 Å². The Kier molecular flexibility index (Phi) is 6.82. The van der Waals surface area contributed by atoms with E-state index in [-0.39, 0.29) is 6.61 Å². The lowest BCUT2D eigenvalue weighted by atomic mass is 9.92. The molecule has 0 aromatic heterocycles. The first-order chi connectivity index (χ1) is 15.7. The second kappa shape index (κ2) is 10.1. The van der Waals surface area contributed by atoms with Crippen LogP contribution in [0.25, 0.3) is 5.70 Å². The topological polar surface area (TPSA) is 59.6 Å². The molecule has 0 amide bonds. The maximum Gasteiger partial charge on any atom is 0.338 e. The number of carbonyl (C=O) groups is 1. The van der Waals surface area contributed by atoms with E-state index < -0.39 is 12.0 Å². The standard InChI is InChI=1S/C26H24N2O3S/c1-2-30-25(29)22-23(19-12-7-4-8-13-19)27-26(32)28-24(22)20-14-9-15-21(16-20)31-17-18-10-5-3-6-11-18/h3-16,24H,2,17H2,1H3,(H2,27,28,32)/t24-/m0/s1. The van der Waals surface area contributed by atoms with Crippen LogP contribution in [0.3, 0.4) is 0 Å². The summed E-state index contributed by atoms with van der Waals surface area (Å²) in [5.41, 5.74) is 3.93. The van der Waals surface area contributed by atoms with Gasteiger partial charge in [-0.25, -0.2) is 4.79 Å². The molecule has 0 saturated carbocycles. The highest BCUT2D eigenvalue weighted by molar-refractivity contribution is 7.80. The zero-order valence-corrected chi connectivity index (χ0v) is 18.5. The molecule has 1 aliphatic rings. The van der Waals surface area contributed by atoms with Crippen molar-refractivity contribution in [2.75, 3.05) is 6.61 Å². The van der Waals surface area contributed by atoms with Crippen molar-refractivity contribution in [3.05, 3.63) is 107 Å². The van der Waals surface area contributed by atoms with Gasteiger partial charge < -0.3 is 20.1 Å². The fourth-order valence-electron chi connectivity index (χ4n) is 3.60. The minimum absolute atomic E-state index is 0.280. The Hall–Kier alpha value is -3.64. The predicted octanol–water partition coefficient (Wildman–Crippen LogP) is 4.76. The van der Waals surface area contributed by atoms with Crippen molar-refractivity contribution in [1.82, 2.24) is 10.6 Å². The molecule has 0 bridgehead atoms. The molecule has 1 heterocycles. The second-order valence-electron chi connectivity index (χ2n) is 7.25. The summed E-state index contributed by atoms with van der Waals surface area (Å²) < 4.78 is 11.4. The van der Waals surface area contributed by atoms with Crippen LogP contribution in [0.4, 0.5) is 0 Å². The molecule has 32 heavy (non-hydrogen) atoms. The smallest absolute Gasteiger partial charge is 0.338 e. The van der Waals surface area contributed by atoms with Crippen molar-refractivity contribution in [1.29, 1.82) is 0 Å². The number of benzene rings is 3. The predicted molar refractivity (Wildman–Crippen MR) is 129 cm³/mol. The van der Waals surface area contributed by atoms with Gasteiger partial charge in [0.05, 0.1) is 23.9 Å². The molecule has 162 valence electrons. The van der Waals surface area contributed by atoms with Crippen molar-refractivity contribution in [3.63, 3.8) is 0 Å². The monoisotopic (exact) mass is 444 g/mol. The van der Waals surface area contributed by atoms with Gasteiger partial charge in [-0.05, 0) is 48.0 Å². The lowest BCUT2D eigenvalue weighted by Gasteiger charge is -2.31. The Morgan fingerprint density at radius 1 is 0.969 bits per heavy atom. The van der Waals surface area contributed by atoms with Gasteiger partial charge in [-0.1, -0.05) is 72.8 Å². The van der Waals surface area contributed by atoms with Crippen LogP contribution in [0.15, 0.2) is 90.5 Å². The van der Waals surface area contributed by atoms with E-state index in [4.69, 9.17) is 21.7 Å². The van der Waals surface area contributed by atoms with Gasteiger partial charge in [-0.15, -0.1) is 0 Å². The molecule has 0 spiro atoms. The molecule has 6 heteroatoms. The van der Waals surface area contributed by atoms with Crippen molar-refractivity contribution in [2.45, 2.75) is 19.6 Å². The summed E-state index contributed by atoms with van der Waals surface area (Å²) in [4.78, 5) is 13.0. The summed E-state index contributed by atoms with van der Waals surface area (Å²) in [6.07, 6.45) is 0. The number of esters is 1. The van der Waals surface area contributed by atoms with Gasteiger partial charge in [-0.2, -0.15) is 0 Å². The summed E-state index contributed by atoms with van der Waals surface area (Å²) in [5, 5.41) is 6.82. The molecule has 5 nitrogen and oxygen atoms in total. The molecule has 0 radical (unpaired) electrons. The highest BCUT2D eigenvalue weighted by Crippen LogP contribution is 2.33. The SMILES string of the molecule is CCOC(=O)C1=C(c2ccccc2)NC(=S)N[C@H]1c1cccc(OCc2ccccc2)c1. The third-order valence-electron chi connectivity index (χ3n) is 5.07. The van der Waals surface area contributed by atoms with Gasteiger partial charge in [-0.3, -0.25) is 0 Å². The first-order valence-electron chi connectivity index (χ1n) is 10.5. The normalized spacial score (nSPS) is 15.5. The Balaban J connectivity index is 1.70. The van der Waals surface area contributed by atoms with Gasteiger partial charge in [0, 0.05) is 0 Å². The van der Waals surface area contributed by atoms with Gasteiger partial charge >= 0.3 is 5.97 Å². The first-order valence-corrected chi connectivity index (χ1v) is 10.9. The summed E-state index contributed by atoms with van der Waals surface area (Å²) in [6.45, 7) is 2.53. The van der Waals surface area contributed by atoms with E-state index >= 15 is 0 Å². The van der Waals surface area contributed by atoms with Crippen molar-refractivity contribution in [3.8, 4) is 5.75 Å². The number of hydrogen-bond donors (Lipinski definition) is 2. The Bertz CT molecular complexity index is 1130. The number of rotatable bonds is 7. The van der Waals surface area contributed by atoms with E-state index in [1.165, 1.54) is 0 Å². The number of carbonyl (C=O) groups excluding carboxylic acids is 1. The second-order valence-corrected chi connectivity index (χ2v) is 7.66. The molecule has 1 aliphatic heterocycles. The van der Waals surface area contributed by atoms with E-state index in [0.29, 0.717) is 28.7 Å². The molecule has 4 rings (SSSR count). The summed E-state index contributed by atoms with van der Waals surface area (Å²) in [7, 11) is 0. The van der Waals surface area contributed by atoms with Crippen LogP contribution in [0.1, 0.15) is 29.7 Å². The molecule has 0 fully saturated rings. The lowest BCUT2D eigenvalue weighted by Crippen LogP contribution is -2.45. The largest absolute Gasteiger partial charge is 0.489 e.